The highest BCUT2D eigenvalue weighted by atomic mass is 32.1. The zero-order valence-electron chi connectivity index (χ0n) is 7.46. The molecule has 0 aliphatic rings. The van der Waals surface area contributed by atoms with Crippen molar-refractivity contribution in [3.8, 4) is 11.8 Å². The van der Waals surface area contributed by atoms with E-state index in [-0.39, 0.29) is 0 Å². The number of rotatable bonds is 0. The molecule has 1 heterocycles. The van der Waals surface area contributed by atoms with E-state index < -0.39 is 0 Å². The van der Waals surface area contributed by atoms with Gasteiger partial charge in [0.2, 0.25) is 0 Å². The fourth-order valence-electron chi connectivity index (χ4n) is 1.23. The molecule has 0 saturated carbocycles. The molecule has 2 nitrogen and oxygen atoms in total. The van der Waals surface area contributed by atoms with E-state index in [1.165, 1.54) is 11.7 Å². The van der Waals surface area contributed by atoms with Gasteiger partial charge in [-0.1, -0.05) is 12.0 Å². The lowest BCUT2D eigenvalue weighted by Gasteiger charge is -1.94. The number of aryl methyl sites for hydroxylation is 1. The van der Waals surface area contributed by atoms with Crippen LogP contribution in [0.1, 0.15) is 18.1 Å². The molecule has 64 valence electrons. The summed E-state index contributed by atoms with van der Waals surface area (Å²) in [5.41, 5.74) is 4.03. The molecule has 2 rings (SSSR count). The minimum Gasteiger partial charge on any atom is -0.173 e. The number of hydrogen-bond donors (Lipinski definition) is 0. The van der Waals surface area contributed by atoms with Gasteiger partial charge in [-0.3, -0.25) is 0 Å². The van der Waals surface area contributed by atoms with Crippen molar-refractivity contribution in [3.63, 3.8) is 0 Å². The molecular weight excluding hydrogens is 180 g/mol. The summed E-state index contributed by atoms with van der Waals surface area (Å²) >= 11 is 1.24. The van der Waals surface area contributed by atoms with Crippen LogP contribution in [-0.4, -0.2) is 8.75 Å². The molecule has 13 heavy (non-hydrogen) atoms. The lowest BCUT2D eigenvalue weighted by molar-refractivity contribution is 1.47. The van der Waals surface area contributed by atoms with Crippen molar-refractivity contribution in [2.45, 2.75) is 13.8 Å². The Labute approximate surface area is 80.9 Å². The number of hydrogen-bond acceptors (Lipinski definition) is 3. The third-order valence-corrected chi connectivity index (χ3v) is 2.41. The van der Waals surface area contributed by atoms with Crippen LogP contribution < -0.4 is 0 Å². The minimum absolute atomic E-state index is 0.930. The van der Waals surface area contributed by atoms with Gasteiger partial charge >= 0.3 is 0 Å². The van der Waals surface area contributed by atoms with E-state index in [1.807, 2.05) is 26.0 Å². The maximum atomic E-state index is 4.23. The van der Waals surface area contributed by atoms with E-state index in [4.69, 9.17) is 0 Å². The second-order valence-electron chi connectivity index (χ2n) is 2.77. The number of fused-ring (bicyclic) bond motifs is 1. The fourth-order valence-corrected chi connectivity index (χ4v) is 1.85. The highest BCUT2D eigenvalue weighted by Gasteiger charge is 2.05. The summed E-state index contributed by atoms with van der Waals surface area (Å²) in [6.07, 6.45) is 0. The Balaban J connectivity index is 2.83. The van der Waals surface area contributed by atoms with Crippen LogP contribution in [0.5, 0.6) is 0 Å². The highest BCUT2D eigenvalue weighted by Crippen LogP contribution is 2.19. The van der Waals surface area contributed by atoms with Gasteiger partial charge in [-0.05, 0) is 25.5 Å². The molecule has 3 heteroatoms. The van der Waals surface area contributed by atoms with Gasteiger partial charge in [0.1, 0.15) is 11.0 Å². The Morgan fingerprint density at radius 2 is 2.00 bits per heavy atom. The zero-order chi connectivity index (χ0) is 9.26. The van der Waals surface area contributed by atoms with Crippen molar-refractivity contribution in [3.05, 3.63) is 23.3 Å². The molecule has 0 spiro atoms. The first-order valence-corrected chi connectivity index (χ1v) is 4.70. The van der Waals surface area contributed by atoms with Crippen molar-refractivity contribution in [1.82, 2.24) is 8.75 Å². The Bertz CT molecular complexity index is 502. The molecule has 0 atom stereocenters. The zero-order valence-corrected chi connectivity index (χ0v) is 8.27. The van der Waals surface area contributed by atoms with Crippen molar-refractivity contribution >= 4 is 22.8 Å². The van der Waals surface area contributed by atoms with Crippen LogP contribution in [0.3, 0.4) is 0 Å². The van der Waals surface area contributed by atoms with E-state index >= 15 is 0 Å². The third kappa shape index (κ3) is 1.30. The quantitative estimate of drug-likeness (QED) is 0.593. The largest absolute Gasteiger partial charge is 0.173 e. The summed E-state index contributed by atoms with van der Waals surface area (Å²) in [6.45, 7) is 3.86. The van der Waals surface area contributed by atoms with Gasteiger partial charge in [0.05, 0.1) is 17.3 Å². The van der Waals surface area contributed by atoms with Crippen molar-refractivity contribution in [2.75, 3.05) is 0 Å². The van der Waals surface area contributed by atoms with Gasteiger partial charge in [0.15, 0.2) is 0 Å². The van der Waals surface area contributed by atoms with E-state index in [2.05, 4.69) is 20.6 Å². The number of benzene rings is 1. The van der Waals surface area contributed by atoms with Crippen molar-refractivity contribution in [1.29, 1.82) is 0 Å². The molecule has 0 fully saturated rings. The Kier molecular flexibility index (Phi) is 1.99. The number of aromatic nitrogens is 2. The molecule has 0 aliphatic carbocycles. The summed E-state index contributed by atoms with van der Waals surface area (Å²) in [5, 5.41) is 0. The molecule has 0 N–H and O–H groups in total. The Morgan fingerprint density at radius 3 is 2.77 bits per heavy atom. The third-order valence-electron chi connectivity index (χ3n) is 1.88. The van der Waals surface area contributed by atoms with Crippen molar-refractivity contribution in [2.24, 2.45) is 0 Å². The highest BCUT2D eigenvalue weighted by molar-refractivity contribution is 7.00. The molecule has 0 unspecified atom stereocenters. The predicted octanol–water partition coefficient (Wildman–Crippen LogP) is 2.37. The first-order valence-electron chi connectivity index (χ1n) is 3.97. The van der Waals surface area contributed by atoms with E-state index in [0.717, 1.165) is 22.2 Å². The fraction of sp³-hybridized carbons (Fsp3) is 0.200. The van der Waals surface area contributed by atoms with E-state index in [1.54, 1.807) is 0 Å². The lowest BCUT2D eigenvalue weighted by Crippen LogP contribution is -1.81. The molecule has 2 aromatic rings. The molecule has 0 saturated heterocycles. The van der Waals surface area contributed by atoms with Gasteiger partial charge in [-0.2, -0.15) is 8.75 Å². The van der Waals surface area contributed by atoms with Crippen LogP contribution in [-0.2, 0) is 0 Å². The van der Waals surface area contributed by atoms with Gasteiger partial charge < -0.3 is 0 Å². The lowest BCUT2D eigenvalue weighted by atomic mass is 10.1. The van der Waals surface area contributed by atoms with Crippen LogP contribution >= 0.6 is 11.7 Å². The average molecular weight is 188 g/mol. The summed E-state index contributed by atoms with van der Waals surface area (Å²) in [6, 6.07) is 4.03. The average Bonchev–Trinajstić information content (AvgIpc) is 2.59. The van der Waals surface area contributed by atoms with E-state index in [9.17, 15) is 0 Å². The first-order chi connectivity index (χ1) is 6.33. The molecule has 0 radical (unpaired) electrons. The van der Waals surface area contributed by atoms with Crippen LogP contribution in [0, 0.1) is 18.8 Å². The van der Waals surface area contributed by atoms with Gasteiger partial charge in [0.25, 0.3) is 0 Å². The van der Waals surface area contributed by atoms with Crippen LogP contribution in [0.4, 0.5) is 0 Å². The van der Waals surface area contributed by atoms with E-state index in [0.29, 0.717) is 0 Å². The minimum atomic E-state index is 0.930. The smallest absolute Gasteiger partial charge is 0.120 e. The van der Waals surface area contributed by atoms with Crippen LogP contribution in [0.2, 0.25) is 0 Å². The Hall–Kier alpha value is -1.40. The number of nitrogens with zero attached hydrogens (tertiary/aromatic N) is 2. The molecule has 0 bridgehead atoms. The second kappa shape index (κ2) is 3.15. The van der Waals surface area contributed by atoms with Crippen molar-refractivity contribution < 1.29 is 0 Å². The molecule has 0 aliphatic heterocycles. The SMILES string of the molecule is CC#Cc1ccc(C)c2nsnc12. The molecule has 0 amide bonds. The molecular formula is C10H8N2S. The summed E-state index contributed by atoms with van der Waals surface area (Å²) in [5.74, 6) is 5.89. The maximum absolute atomic E-state index is 4.23. The van der Waals surface area contributed by atoms with Gasteiger partial charge in [-0.25, -0.2) is 0 Å². The standard InChI is InChI=1S/C10H8N2S/c1-3-4-8-6-5-7(2)9-10(8)12-13-11-9/h5-6H,1-2H3. The van der Waals surface area contributed by atoms with Crippen LogP contribution in [0.25, 0.3) is 11.0 Å². The maximum Gasteiger partial charge on any atom is 0.120 e. The van der Waals surface area contributed by atoms with Gasteiger partial charge in [0, 0.05) is 0 Å². The summed E-state index contributed by atoms with van der Waals surface area (Å²) < 4.78 is 8.45. The second-order valence-corrected chi connectivity index (χ2v) is 3.29. The molecule has 1 aromatic carbocycles. The monoisotopic (exact) mass is 188 g/mol. The summed E-state index contributed by atoms with van der Waals surface area (Å²) in [4.78, 5) is 0. The summed E-state index contributed by atoms with van der Waals surface area (Å²) in [7, 11) is 0. The predicted molar refractivity (Wildman–Crippen MR) is 54.7 cm³/mol. The Morgan fingerprint density at radius 1 is 1.23 bits per heavy atom. The first kappa shape index (κ1) is 8.21. The van der Waals surface area contributed by atoms with Gasteiger partial charge in [-0.15, -0.1) is 5.92 Å². The molecule has 1 aromatic heterocycles. The van der Waals surface area contributed by atoms with Crippen LogP contribution in [0.15, 0.2) is 12.1 Å². The topological polar surface area (TPSA) is 25.8 Å². The normalized spacial score (nSPS) is 9.69.